The Bertz CT molecular complexity index is 1420. The number of primary amides is 1. The Morgan fingerprint density at radius 2 is 1.61 bits per heavy atom. The summed E-state index contributed by atoms with van der Waals surface area (Å²) in [4.78, 5) is 42.3. The molecule has 0 aliphatic heterocycles. The van der Waals surface area contributed by atoms with Gasteiger partial charge in [-0.15, -0.1) is 0 Å². The van der Waals surface area contributed by atoms with E-state index in [1.807, 2.05) is 74.5 Å². The summed E-state index contributed by atoms with van der Waals surface area (Å²) in [7, 11) is 0. The summed E-state index contributed by atoms with van der Waals surface area (Å²) in [6.07, 6.45) is -0.423. The Labute approximate surface area is 221 Å². The van der Waals surface area contributed by atoms with Crippen LogP contribution < -0.4 is 16.4 Å². The molecule has 4 rings (SSSR count). The number of hydrogen-bond donors (Lipinski definition) is 3. The van der Waals surface area contributed by atoms with E-state index >= 15 is 0 Å². The fraction of sp³-hybridized carbons (Fsp3) is 0.241. The zero-order valence-electron chi connectivity index (χ0n) is 21.4. The maximum atomic E-state index is 13.4. The average Bonchev–Trinajstić information content (AvgIpc) is 3.25. The van der Waals surface area contributed by atoms with Crippen molar-refractivity contribution in [3.05, 3.63) is 95.8 Å². The molecule has 0 aliphatic carbocycles. The number of rotatable bonds is 10. The molecule has 4 aromatic rings. The van der Waals surface area contributed by atoms with Crippen molar-refractivity contribution in [2.24, 2.45) is 11.7 Å². The molecule has 38 heavy (non-hydrogen) atoms. The molecule has 9 nitrogen and oxygen atoms in total. The first kappa shape index (κ1) is 26.4. The van der Waals surface area contributed by atoms with Gasteiger partial charge in [0.05, 0.1) is 11.0 Å². The van der Waals surface area contributed by atoms with Crippen molar-refractivity contribution in [1.82, 2.24) is 14.9 Å². The lowest BCUT2D eigenvalue weighted by Gasteiger charge is -2.19. The number of imidazole rings is 1. The minimum atomic E-state index is -0.891. The maximum Gasteiger partial charge on any atom is 0.408 e. The van der Waals surface area contributed by atoms with Crippen LogP contribution in [0.15, 0.2) is 78.9 Å². The van der Waals surface area contributed by atoms with Crippen molar-refractivity contribution in [2.75, 3.05) is 5.32 Å². The molecule has 0 bridgehead atoms. The molecule has 3 amide bonds. The standard InChI is InChI=1S/C29H31N5O4/c1-19(2)17-34-25-16-22(13-14-23(25)32-27(34)26(30)35)31-28(36)24(15-20-9-5-3-6-10-20)33-29(37)38-18-21-11-7-4-8-12-21/h3-14,16,19,24H,15,17-18H2,1-2H3,(H2,30,35)(H,31,36)(H,33,37)/t24-/m0/s1. The van der Waals surface area contributed by atoms with Crippen molar-refractivity contribution < 1.29 is 19.1 Å². The second kappa shape index (κ2) is 12.1. The minimum Gasteiger partial charge on any atom is -0.445 e. The van der Waals surface area contributed by atoms with E-state index in [0.717, 1.165) is 11.1 Å². The number of amides is 3. The highest BCUT2D eigenvalue weighted by molar-refractivity contribution is 5.99. The van der Waals surface area contributed by atoms with Gasteiger partial charge in [0.2, 0.25) is 5.91 Å². The lowest BCUT2D eigenvalue weighted by atomic mass is 10.1. The zero-order chi connectivity index (χ0) is 27.1. The van der Waals surface area contributed by atoms with Gasteiger partial charge in [0.25, 0.3) is 5.91 Å². The number of ether oxygens (including phenoxy) is 1. The molecule has 0 fully saturated rings. The smallest absolute Gasteiger partial charge is 0.408 e. The predicted octanol–water partition coefficient (Wildman–Crippen LogP) is 4.27. The van der Waals surface area contributed by atoms with Gasteiger partial charge < -0.3 is 25.7 Å². The number of nitrogens with one attached hydrogen (secondary N) is 2. The molecule has 0 spiro atoms. The van der Waals surface area contributed by atoms with Crippen LogP contribution in [0.25, 0.3) is 11.0 Å². The molecule has 1 atom stereocenters. The number of carbonyl (C=O) groups excluding carboxylic acids is 3. The molecular formula is C29H31N5O4. The number of alkyl carbamates (subject to hydrolysis) is 1. The first-order valence-corrected chi connectivity index (χ1v) is 12.4. The van der Waals surface area contributed by atoms with Crippen LogP contribution in [0.2, 0.25) is 0 Å². The second-order valence-electron chi connectivity index (χ2n) is 9.45. The summed E-state index contributed by atoms with van der Waals surface area (Å²) in [5, 5.41) is 5.58. The van der Waals surface area contributed by atoms with Gasteiger partial charge >= 0.3 is 6.09 Å². The topological polar surface area (TPSA) is 128 Å². The van der Waals surface area contributed by atoms with Crippen molar-refractivity contribution in [2.45, 2.75) is 39.5 Å². The monoisotopic (exact) mass is 513 g/mol. The van der Waals surface area contributed by atoms with Crippen LogP contribution in [0.4, 0.5) is 10.5 Å². The fourth-order valence-corrected chi connectivity index (χ4v) is 4.13. The van der Waals surface area contributed by atoms with Gasteiger partial charge in [0.1, 0.15) is 12.6 Å². The Balaban J connectivity index is 1.53. The van der Waals surface area contributed by atoms with E-state index in [9.17, 15) is 14.4 Å². The van der Waals surface area contributed by atoms with E-state index in [4.69, 9.17) is 10.5 Å². The van der Waals surface area contributed by atoms with Gasteiger partial charge in [-0.2, -0.15) is 0 Å². The average molecular weight is 514 g/mol. The molecule has 0 unspecified atom stereocenters. The maximum absolute atomic E-state index is 13.4. The molecule has 9 heteroatoms. The Morgan fingerprint density at radius 3 is 2.24 bits per heavy atom. The number of fused-ring (bicyclic) bond motifs is 1. The van der Waals surface area contributed by atoms with Crippen molar-refractivity contribution >= 4 is 34.6 Å². The number of carbonyl (C=O) groups is 3. The molecule has 196 valence electrons. The fourth-order valence-electron chi connectivity index (χ4n) is 4.13. The molecule has 0 saturated heterocycles. The summed E-state index contributed by atoms with van der Waals surface area (Å²) in [6.45, 7) is 4.68. The van der Waals surface area contributed by atoms with E-state index in [-0.39, 0.29) is 24.8 Å². The Hall–Kier alpha value is -4.66. The molecule has 0 aliphatic rings. The van der Waals surface area contributed by atoms with Gasteiger partial charge in [0.15, 0.2) is 5.82 Å². The highest BCUT2D eigenvalue weighted by Gasteiger charge is 2.23. The SMILES string of the molecule is CC(C)Cn1c(C(N)=O)nc2ccc(NC(=O)[C@H](Cc3ccccc3)NC(=O)OCc3ccccc3)cc21. The van der Waals surface area contributed by atoms with Crippen LogP contribution in [0.1, 0.15) is 35.6 Å². The van der Waals surface area contributed by atoms with Gasteiger partial charge in [-0.3, -0.25) is 9.59 Å². The van der Waals surface area contributed by atoms with E-state index in [0.29, 0.717) is 23.3 Å². The molecule has 1 aromatic heterocycles. The number of benzene rings is 3. The molecule has 0 radical (unpaired) electrons. The van der Waals surface area contributed by atoms with Crippen LogP contribution in [-0.4, -0.2) is 33.5 Å². The number of aromatic nitrogens is 2. The summed E-state index contributed by atoms with van der Waals surface area (Å²) in [5.74, 6) is -0.615. The third-order valence-corrected chi connectivity index (χ3v) is 5.89. The van der Waals surface area contributed by atoms with Crippen molar-refractivity contribution in [3.63, 3.8) is 0 Å². The van der Waals surface area contributed by atoms with E-state index in [1.165, 1.54) is 0 Å². The summed E-state index contributed by atoms with van der Waals surface area (Å²) < 4.78 is 7.11. The molecule has 1 heterocycles. The van der Waals surface area contributed by atoms with Crippen molar-refractivity contribution in [3.8, 4) is 0 Å². The lowest BCUT2D eigenvalue weighted by molar-refractivity contribution is -0.118. The number of nitrogens with two attached hydrogens (primary N) is 1. The van der Waals surface area contributed by atoms with E-state index in [2.05, 4.69) is 15.6 Å². The van der Waals surface area contributed by atoms with Crippen LogP contribution in [-0.2, 0) is 29.1 Å². The first-order valence-electron chi connectivity index (χ1n) is 12.4. The third kappa shape index (κ3) is 6.76. The summed E-state index contributed by atoms with van der Waals surface area (Å²) in [5.41, 5.74) is 9.05. The predicted molar refractivity (Wildman–Crippen MR) is 145 cm³/mol. The number of nitrogens with zero attached hydrogens (tertiary/aromatic N) is 2. The van der Waals surface area contributed by atoms with Crippen LogP contribution in [0.3, 0.4) is 0 Å². The highest BCUT2D eigenvalue weighted by atomic mass is 16.5. The van der Waals surface area contributed by atoms with E-state index < -0.39 is 23.9 Å². The molecule has 3 aromatic carbocycles. The summed E-state index contributed by atoms with van der Waals surface area (Å²) in [6, 6.07) is 23.0. The quantitative estimate of drug-likeness (QED) is 0.292. The molecule has 0 saturated carbocycles. The van der Waals surface area contributed by atoms with Crippen LogP contribution in [0, 0.1) is 5.92 Å². The van der Waals surface area contributed by atoms with Gasteiger partial charge in [-0.05, 0) is 35.2 Å². The normalized spacial score (nSPS) is 11.8. The van der Waals surface area contributed by atoms with Crippen LogP contribution in [0.5, 0.6) is 0 Å². The highest BCUT2D eigenvalue weighted by Crippen LogP contribution is 2.22. The van der Waals surface area contributed by atoms with Gasteiger partial charge in [0, 0.05) is 18.7 Å². The third-order valence-electron chi connectivity index (χ3n) is 5.89. The Kier molecular flexibility index (Phi) is 8.37. The largest absolute Gasteiger partial charge is 0.445 e. The zero-order valence-corrected chi connectivity index (χ0v) is 21.4. The summed E-state index contributed by atoms with van der Waals surface area (Å²) >= 11 is 0. The first-order chi connectivity index (χ1) is 18.3. The van der Waals surface area contributed by atoms with Crippen molar-refractivity contribution in [1.29, 1.82) is 0 Å². The Morgan fingerprint density at radius 1 is 0.947 bits per heavy atom. The molecular weight excluding hydrogens is 482 g/mol. The van der Waals surface area contributed by atoms with E-state index in [1.54, 1.807) is 22.8 Å². The van der Waals surface area contributed by atoms with Gasteiger partial charge in [-0.1, -0.05) is 74.5 Å². The lowest BCUT2D eigenvalue weighted by Crippen LogP contribution is -2.45. The van der Waals surface area contributed by atoms with Crippen LogP contribution >= 0.6 is 0 Å². The second-order valence-corrected chi connectivity index (χ2v) is 9.45. The van der Waals surface area contributed by atoms with Gasteiger partial charge in [-0.25, -0.2) is 9.78 Å². The number of hydrogen-bond acceptors (Lipinski definition) is 5. The minimum absolute atomic E-state index is 0.0883. The number of anilines is 1. The molecule has 4 N–H and O–H groups in total.